The quantitative estimate of drug-likeness (QED) is 0.360. The van der Waals surface area contributed by atoms with Gasteiger partial charge in [-0.25, -0.2) is 4.39 Å². The summed E-state index contributed by atoms with van der Waals surface area (Å²) in [6.07, 6.45) is 1.19. The highest BCUT2D eigenvalue weighted by molar-refractivity contribution is 8.10. The number of allylic oxidation sites excluding steroid dienone is 1. The van der Waals surface area contributed by atoms with E-state index in [1.807, 2.05) is 0 Å². The van der Waals surface area contributed by atoms with Gasteiger partial charge < -0.3 is 0 Å². The first-order valence-corrected chi connectivity index (χ1v) is 2.83. The first-order valence-electron chi connectivity index (χ1n) is 1.80. The van der Waals surface area contributed by atoms with Crippen LogP contribution in [-0.2, 0) is 0 Å². The number of thiol groups is 1. The molecule has 0 radical (unpaired) electrons. The van der Waals surface area contributed by atoms with Gasteiger partial charge in [0.05, 0.1) is 11.7 Å². The van der Waals surface area contributed by atoms with Crippen molar-refractivity contribution in [2.24, 2.45) is 4.99 Å². The van der Waals surface area contributed by atoms with Crippen LogP contribution in [0.4, 0.5) is 4.39 Å². The van der Waals surface area contributed by atoms with E-state index in [0.717, 1.165) is 11.4 Å². The van der Waals surface area contributed by atoms with E-state index in [0.29, 0.717) is 0 Å². The third-order valence-electron chi connectivity index (χ3n) is 0.529. The van der Waals surface area contributed by atoms with Crippen LogP contribution >= 0.6 is 11.4 Å². The van der Waals surface area contributed by atoms with Crippen LogP contribution in [0.1, 0.15) is 0 Å². The van der Waals surface area contributed by atoms with Crippen molar-refractivity contribution >= 4 is 22.3 Å². The largest absolute Gasteiger partial charge is 0.256 e. The van der Waals surface area contributed by atoms with Crippen molar-refractivity contribution in [1.29, 1.82) is 0 Å². The van der Waals surface area contributed by atoms with Crippen molar-refractivity contribution in [3.63, 3.8) is 0 Å². The summed E-state index contributed by atoms with van der Waals surface area (Å²) >= 11 is 0.833. The van der Waals surface area contributed by atoms with Gasteiger partial charge in [-0.05, 0) is 0 Å². The Balaban J connectivity index is 2.82. The van der Waals surface area contributed by atoms with Crippen molar-refractivity contribution in [2.45, 2.75) is 0 Å². The fourth-order valence-electron chi connectivity index (χ4n) is 0.281. The monoisotopic (exact) mass is 117 g/mol. The standard InChI is InChI=1S/C4H4FNS/c5-4-1-6-3-7-2-4/h1-3,7H. The molecule has 0 spiro atoms. The molecular weight excluding hydrogens is 113 g/mol. The van der Waals surface area contributed by atoms with Crippen molar-refractivity contribution in [1.82, 2.24) is 0 Å². The lowest BCUT2D eigenvalue weighted by molar-refractivity contribution is 0.685. The predicted molar refractivity (Wildman–Crippen MR) is 32.7 cm³/mol. The van der Waals surface area contributed by atoms with E-state index in [4.69, 9.17) is 0 Å². The SMILES string of the molecule is FC1=CN=C[SH]=C1. The van der Waals surface area contributed by atoms with Gasteiger partial charge >= 0.3 is 0 Å². The lowest BCUT2D eigenvalue weighted by Gasteiger charge is -1.85. The third kappa shape index (κ3) is 1.23. The van der Waals surface area contributed by atoms with Crippen LogP contribution in [-0.4, -0.2) is 10.9 Å². The number of hydrogen-bond donors (Lipinski definition) is 1. The highest BCUT2D eigenvalue weighted by atomic mass is 32.1. The molecule has 3 heteroatoms. The van der Waals surface area contributed by atoms with E-state index in [9.17, 15) is 4.39 Å². The van der Waals surface area contributed by atoms with E-state index in [-0.39, 0.29) is 5.83 Å². The Morgan fingerprint density at radius 3 is 2.86 bits per heavy atom. The maximum absolute atomic E-state index is 11.9. The third-order valence-corrected chi connectivity index (χ3v) is 1.19. The van der Waals surface area contributed by atoms with Crippen molar-refractivity contribution in [3.05, 3.63) is 12.0 Å². The molecular formula is C4H4FNS. The summed E-state index contributed by atoms with van der Waals surface area (Å²) in [5.41, 5.74) is 1.63. The van der Waals surface area contributed by atoms with Crippen LogP contribution in [0.25, 0.3) is 0 Å². The van der Waals surface area contributed by atoms with Crippen LogP contribution in [0, 0.1) is 0 Å². The second-order valence-electron chi connectivity index (χ2n) is 1.06. The summed E-state index contributed by atoms with van der Waals surface area (Å²) in [4.78, 5) is 3.55. The van der Waals surface area contributed by atoms with Crippen LogP contribution in [0.15, 0.2) is 17.0 Å². The van der Waals surface area contributed by atoms with Crippen molar-refractivity contribution < 1.29 is 4.39 Å². The molecule has 0 saturated heterocycles. The topological polar surface area (TPSA) is 12.4 Å². The van der Waals surface area contributed by atoms with Gasteiger partial charge in [0.15, 0.2) is 0 Å². The molecule has 7 heavy (non-hydrogen) atoms. The molecule has 1 aliphatic heterocycles. The Hall–Kier alpha value is -0.440. The minimum absolute atomic E-state index is 0.246. The molecule has 38 valence electrons. The number of aliphatic imine (C=N–C) groups is 1. The normalized spacial score (nSPS) is 18.1. The van der Waals surface area contributed by atoms with Crippen LogP contribution in [0.2, 0.25) is 0 Å². The van der Waals surface area contributed by atoms with Gasteiger partial charge in [-0.3, -0.25) is 4.99 Å². The average Bonchev–Trinajstić information content (AvgIpc) is 1.69. The maximum atomic E-state index is 11.9. The van der Waals surface area contributed by atoms with Gasteiger partial charge in [0, 0.05) is 5.37 Å². The van der Waals surface area contributed by atoms with E-state index in [1.54, 1.807) is 5.55 Å². The molecule has 0 amide bonds. The minimum atomic E-state index is -0.246. The van der Waals surface area contributed by atoms with E-state index >= 15 is 0 Å². The summed E-state index contributed by atoms with van der Waals surface area (Å²) < 4.78 is 11.9. The highest BCUT2D eigenvalue weighted by Crippen LogP contribution is 1.98. The first-order chi connectivity index (χ1) is 3.39. The van der Waals surface area contributed by atoms with Gasteiger partial charge in [0.1, 0.15) is 5.83 Å². The summed E-state index contributed by atoms with van der Waals surface area (Å²) in [7, 11) is 0. The Bertz CT molecular complexity index is 148. The summed E-state index contributed by atoms with van der Waals surface area (Å²) in [6, 6.07) is 0. The van der Waals surface area contributed by atoms with Crippen LogP contribution < -0.4 is 0 Å². The molecule has 0 aromatic heterocycles. The van der Waals surface area contributed by atoms with E-state index < -0.39 is 0 Å². The fraction of sp³-hybridized carbons (Fsp3) is 0. The zero-order valence-electron chi connectivity index (χ0n) is 3.50. The Labute approximate surface area is 44.5 Å². The van der Waals surface area contributed by atoms with Gasteiger partial charge in [-0.1, -0.05) is 0 Å². The molecule has 0 saturated carbocycles. The molecule has 0 atom stereocenters. The lowest BCUT2D eigenvalue weighted by Crippen LogP contribution is -1.75. The number of hydrogen-bond acceptors (Lipinski definition) is 1. The minimum Gasteiger partial charge on any atom is -0.256 e. The van der Waals surface area contributed by atoms with E-state index in [2.05, 4.69) is 4.99 Å². The Kier molecular flexibility index (Phi) is 1.36. The maximum Gasteiger partial charge on any atom is 0.147 e. The summed E-state index contributed by atoms with van der Waals surface area (Å²) in [5, 5.41) is 1.45. The van der Waals surface area contributed by atoms with Gasteiger partial charge in [-0.15, -0.1) is 0 Å². The smallest absolute Gasteiger partial charge is 0.147 e. The molecule has 0 aromatic carbocycles. The second-order valence-corrected chi connectivity index (χ2v) is 1.84. The zero-order chi connectivity index (χ0) is 5.11. The number of halogens is 1. The molecule has 0 aromatic rings. The van der Waals surface area contributed by atoms with E-state index in [1.165, 1.54) is 11.6 Å². The molecule has 1 heterocycles. The fourth-order valence-corrected chi connectivity index (χ4v) is 0.700. The Morgan fingerprint density at radius 2 is 2.57 bits per heavy atom. The molecule has 1 rings (SSSR count). The summed E-state index contributed by atoms with van der Waals surface area (Å²) in [6.45, 7) is 0. The summed E-state index contributed by atoms with van der Waals surface area (Å²) in [5.74, 6) is -0.246. The molecule has 0 fully saturated rings. The van der Waals surface area contributed by atoms with Crippen LogP contribution in [0.5, 0.6) is 0 Å². The van der Waals surface area contributed by atoms with Crippen LogP contribution in [0.3, 0.4) is 0 Å². The first kappa shape index (κ1) is 4.71. The molecule has 1 aliphatic rings. The number of rotatable bonds is 0. The van der Waals surface area contributed by atoms with Crippen molar-refractivity contribution in [2.75, 3.05) is 0 Å². The highest BCUT2D eigenvalue weighted by Gasteiger charge is 1.84. The second kappa shape index (κ2) is 2.02. The van der Waals surface area contributed by atoms with Crippen molar-refractivity contribution in [3.8, 4) is 0 Å². The molecule has 0 N–H and O–H groups in total. The molecule has 0 aliphatic carbocycles. The lowest BCUT2D eigenvalue weighted by atomic mass is 10.7. The Morgan fingerprint density at radius 1 is 1.71 bits per heavy atom. The zero-order valence-corrected chi connectivity index (χ0v) is 4.40. The predicted octanol–water partition coefficient (Wildman–Crippen LogP) is 1.11. The van der Waals surface area contributed by atoms with Gasteiger partial charge in [0.2, 0.25) is 0 Å². The van der Waals surface area contributed by atoms with Gasteiger partial charge in [-0.2, -0.15) is 11.4 Å². The average molecular weight is 117 g/mol. The molecule has 1 nitrogen and oxygen atoms in total. The van der Waals surface area contributed by atoms with Gasteiger partial charge in [0.25, 0.3) is 0 Å². The molecule has 0 bridgehead atoms. The molecule has 0 unspecified atom stereocenters. The number of nitrogens with zero attached hydrogens (tertiary/aromatic N) is 1.